The number of benzene rings is 1. The summed E-state index contributed by atoms with van der Waals surface area (Å²) in [6, 6.07) is 10.3. The number of carbonyl (C=O) groups is 1. The van der Waals surface area contributed by atoms with Crippen LogP contribution in [0.2, 0.25) is 5.15 Å². The minimum Gasteiger partial charge on any atom is -0.360 e. The fourth-order valence-electron chi connectivity index (χ4n) is 5.34. The number of aromatic nitrogens is 2. The molecule has 0 radical (unpaired) electrons. The molecular formula is C25H32ClFN6O. The minimum atomic E-state index is -1.02. The molecule has 3 aliphatic heterocycles. The second-order valence-corrected chi connectivity index (χ2v) is 10.6. The zero-order valence-corrected chi connectivity index (χ0v) is 20.4. The number of halogens is 2. The van der Waals surface area contributed by atoms with Gasteiger partial charge in [0.25, 0.3) is 0 Å². The third-order valence-corrected chi connectivity index (χ3v) is 7.71. The van der Waals surface area contributed by atoms with E-state index in [1.165, 1.54) is 11.9 Å². The van der Waals surface area contributed by atoms with Crippen LogP contribution in [0.5, 0.6) is 0 Å². The zero-order valence-electron chi connectivity index (χ0n) is 19.6. The van der Waals surface area contributed by atoms with Gasteiger partial charge in [0.15, 0.2) is 0 Å². The van der Waals surface area contributed by atoms with Crippen molar-refractivity contribution >= 4 is 29.0 Å². The standard InChI is InChI=1S/C25H32ClFN6O/c1-24(27)6-10-31(11-7-24)15-19-2-4-20(5-3-19)33-16-23(34)30-25(17-33)8-12-32(13-9-25)22-14-21(26)28-18-29-22/h2-5,14,18H,6-13,15-17H2,1H3,(H,30,34). The number of nitrogens with one attached hydrogen (secondary N) is 1. The quantitative estimate of drug-likeness (QED) is 0.668. The van der Waals surface area contributed by atoms with Crippen LogP contribution in [-0.2, 0) is 11.3 Å². The largest absolute Gasteiger partial charge is 0.360 e. The molecule has 3 aliphatic rings. The summed E-state index contributed by atoms with van der Waals surface area (Å²) in [7, 11) is 0. The van der Waals surface area contributed by atoms with Gasteiger partial charge in [-0.15, -0.1) is 0 Å². The topological polar surface area (TPSA) is 64.6 Å². The van der Waals surface area contributed by atoms with Crippen LogP contribution in [0, 0.1) is 0 Å². The van der Waals surface area contributed by atoms with Crippen LogP contribution in [0.3, 0.4) is 0 Å². The first kappa shape index (κ1) is 23.3. The average molecular weight is 487 g/mol. The fraction of sp³-hybridized carbons (Fsp3) is 0.560. The maximum Gasteiger partial charge on any atom is 0.240 e. The molecule has 0 unspecified atom stereocenters. The van der Waals surface area contributed by atoms with Crippen molar-refractivity contribution in [1.29, 1.82) is 0 Å². The van der Waals surface area contributed by atoms with Gasteiger partial charge in [0.2, 0.25) is 5.91 Å². The van der Waals surface area contributed by atoms with Crippen molar-refractivity contribution in [1.82, 2.24) is 20.2 Å². The highest BCUT2D eigenvalue weighted by atomic mass is 35.5. The molecule has 1 spiro atoms. The predicted octanol–water partition coefficient (Wildman–Crippen LogP) is 3.43. The lowest BCUT2D eigenvalue weighted by atomic mass is 9.85. The Balaban J connectivity index is 1.21. The van der Waals surface area contributed by atoms with E-state index in [-0.39, 0.29) is 11.4 Å². The molecule has 5 rings (SSSR count). The summed E-state index contributed by atoms with van der Waals surface area (Å²) in [6.45, 7) is 6.89. The first-order valence-electron chi connectivity index (χ1n) is 12.1. The van der Waals surface area contributed by atoms with E-state index in [4.69, 9.17) is 11.6 Å². The molecule has 1 aromatic heterocycles. The van der Waals surface area contributed by atoms with Gasteiger partial charge >= 0.3 is 0 Å². The Bertz CT molecular complexity index is 1010. The van der Waals surface area contributed by atoms with Gasteiger partial charge in [0.05, 0.1) is 12.1 Å². The number of hydrogen-bond acceptors (Lipinski definition) is 6. The summed E-state index contributed by atoms with van der Waals surface area (Å²) < 4.78 is 14.1. The smallest absolute Gasteiger partial charge is 0.240 e. The Labute approximate surface area is 205 Å². The molecule has 0 atom stereocenters. The van der Waals surface area contributed by atoms with Gasteiger partial charge in [-0.2, -0.15) is 0 Å². The molecule has 4 heterocycles. The first-order chi connectivity index (χ1) is 16.3. The first-order valence-corrected chi connectivity index (χ1v) is 12.5. The van der Waals surface area contributed by atoms with Crippen molar-refractivity contribution in [2.75, 3.05) is 49.1 Å². The second-order valence-electron chi connectivity index (χ2n) is 10.2. The van der Waals surface area contributed by atoms with Gasteiger partial charge in [0.1, 0.15) is 23.0 Å². The van der Waals surface area contributed by atoms with Crippen LogP contribution in [0.1, 0.15) is 38.2 Å². The molecule has 182 valence electrons. The third-order valence-electron chi connectivity index (χ3n) is 7.50. The van der Waals surface area contributed by atoms with Gasteiger partial charge in [-0.05, 0) is 50.3 Å². The van der Waals surface area contributed by atoms with Crippen LogP contribution >= 0.6 is 11.6 Å². The highest BCUT2D eigenvalue weighted by molar-refractivity contribution is 6.29. The SMILES string of the molecule is CC1(F)CCN(Cc2ccc(N3CC(=O)NC4(CCN(c5cc(Cl)ncn5)CC4)C3)cc2)CC1. The second kappa shape index (κ2) is 9.30. The van der Waals surface area contributed by atoms with Crippen LogP contribution in [0.25, 0.3) is 0 Å². The molecule has 0 saturated carbocycles. The Kier molecular flexibility index (Phi) is 6.37. The zero-order chi connectivity index (χ0) is 23.8. The normalized spacial score (nSPS) is 22.6. The third kappa shape index (κ3) is 5.28. The summed E-state index contributed by atoms with van der Waals surface area (Å²) in [5.74, 6) is 0.894. The molecule has 2 aromatic rings. The van der Waals surface area contributed by atoms with Crippen LogP contribution in [0.15, 0.2) is 36.7 Å². The lowest BCUT2D eigenvalue weighted by molar-refractivity contribution is -0.123. The van der Waals surface area contributed by atoms with Crippen molar-refractivity contribution < 1.29 is 9.18 Å². The summed E-state index contributed by atoms with van der Waals surface area (Å²) >= 11 is 6.03. The predicted molar refractivity (Wildman–Crippen MR) is 132 cm³/mol. The molecule has 1 aromatic carbocycles. The van der Waals surface area contributed by atoms with Crippen LogP contribution < -0.4 is 15.1 Å². The molecule has 7 nitrogen and oxygen atoms in total. The lowest BCUT2D eigenvalue weighted by Gasteiger charge is -2.48. The number of likely N-dealkylation sites (tertiary alicyclic amines) is 1. The van der Waals surface area contributed by atoms with Gasteiger partial charge in [-0.25, -0.2) is 14.4 Å². The summed E-state index contributed by atoms with van der Waals surface area (Å²) in [4.78, 5) is 27.7. The molecule has 3 fully saturated rings. The molecular weight excluding hydrogens is 455 g/mol. The van der Waals surface area contributed by atoms with Gasteiger partial charge in [0, 0.05) is 51.0 Å². The van der Waals surface area contributed by atoms with Gasteiger partial charge in [-0.3, -0.25) is 9.69 Å². The minimum absolute atomic E-state index is 0.0662. The van der Waals surface area contributed by atoms with E-state index in [0.29, 0.717) is 24.5 Å². The maximum atomic E-state index is 14.1. The van der Waals surface area contributed by atoms with Gasteiger partial charge in [-0.1, -0.05) is 23.7 Å². The van der Waals surface area contributed by atoms with Crippen molar-refractivity contribution in [2.45, 2.75) is 50.4 Å². The average Bonchev–Trinajstić information content (AvgIpc) is 2.81. The number of carbonyl (C=O) groups excluding carboxylic acids is 1. The Morgan fingerprint density at radius 1 is 1.03 bits per heavy atom. The monoisotopic (exact) mass is 486 g/mol. The van der Waals surface area contributed by atoms with Crippen molar-refractivity contribution in [3.05, 3.63) is 47.4 Å². The Morgan fingerprint density at radius 3 is 2.41 bits per heavy atom. The molecule has 1 amide bonds. The lowest BCUT2D eigenvalue weighted by Crippen LogP contribution is -2.66. The summed E-state index contributed by atoms with van der Waals surface area (Å²) in [6.07, 6.45) is 4.36. The molecule has 34 heavy (non-hydrogen) atoms. The highest BCUT2D eigenvalue weighted by Gasteiger charge is 2.41. The van der Waals surface area contributed by atoms with Crippen LogP contribution in [0.4, 0.5) is 15.9 Å². The molecule has 0 aliphatic carbocycles. The van der Waals surface area contributed by atoms with E-state index in [9.17, 15) is 9.18 Å². The number of alkyl halides is 1. The number of amides is 1. The molecule has 0 bridgehead atoms. The summed E-state index contributed by atoms with van der Waals surface area (Å²) in [5.41, 5.74) is 1.02. The van der Waals surface area contributed by atoms with Crippen LogP contribution in [-0.4, -0.2) is 71.3 Å². The molecule has 9 heteroatoms. The molecule has 3 saturated heterocycles. The number of rotatable bonds is 4. The number of piperazine rings is 1. The van der Waals surface area contributed by atoms with E-state index in [1.54, 1.807) is 13.0 Å². The van der Waals surface area contributed by atoms with Gasteiger partial charge < -0.3 is 15.1 Å². The van der Waals surface area contributed by atoms with E-state index in [1.807, 2.05) is 0 Å². The Morgan fingerprint density at radius 2 is 1.74 bits per heavy atom. The van der Waals surface area contributed by atoms with E-state index >= 15 is 0 Å². The van der Waals surface area contributed by atoms with Crippen molar-refractivity contribution in [3.63, 3.8) is 0 Å². The fourth-order valence-corrected chi connectivity index (χ4v) is 5.49. The van der Waals surface area contributed by atoms with E-state index in [0.717, 1.165) is 63.6 Å². The maximum absolute atomic E-state index is 14.1. The highest BCUT2D eigenvalue weighted by Crippen LogP contribution is 2.31. The van der Waals surface area contributed by atoms with Crippen molar-refractivity contribution in [3.8, 4) is 0 Å². The number of hydrogen-bond donors (Lipinski definition) is 1. The number of piperidine rings is 2. The number of nitrogens with zero attached hydrogens (tertiary/aromatic N) is 5. The summed E-state index contributed by atoms with van der Waals surface area (Å²) in [5, 5.41) is 3.72. The number of anilines is 2. The molecule has 1 N–H and O–H groups in total. The van der Waals surface area contributed by atoms with E-state index in [2.05, 4.69) is 54.2 Å². The Hall–Kier alpha value is -2.45. The van der Waals surface area contributed by atoms with Crippen molar-refractivity contribution in [2.24, 2.45) is 0 Å². The van der Waals surface area contributed by atoms with E-state index < -0.39 is 5.67 Å².